The minimum absolute atomic E-state index is 0.0108. The Bertz CT molecular complexity index is 958. The van der Waals surface area contributed by atoms with Crippen LogP contribution in [0.25, 0.3) is 11.0 Å². The van der Waals surface area contributed by atoms with Crippen LogP contribution in [0.5, 0.6) is 0 Å². The molecule has 1 aliphatic heterocycles. The summed E-state index contributed by atoms with van der Waals surface area (Å²) in [5.74, 6) is 0.202. The molecule has 30 heavy (non-hydrogen) atoms. The minimum atomic E-state index is -3.12. The number of fused-ring (bicyclic) bond motifs is 1. The smallest absolute Gasteiger partial charge is 0.221 e. The van der Waals surface area contributed by atoms with Crippen molar-refractivity contribution in [3.63, 3.8) is 0 Å². The molecule has 0 aliphatic carbocycles. The second kappa shape index (κ2) is 9.88. The number of rotatable bonds is 10. The van der Waals surface area contributed by atoms with Crippen LogP contribution in [0.4, 0.5) is 0 Å². The predicted octanol–water partition coefficient (Wildman–Crippen LogP) is 0.425. The van der Waals surface area contributed by atoms with Crippen molar-refractivity contribution in [1.29, 1.82) is 0 Å². The molecule has 11 heteroatoms. The molecule has 0 aromatic carbocycles. The molecule has 1 amide bonds. The first-order valence-corrected chi connectivity index (χ1v) is 12.3. The summed E-state index contributed by atoms with van der Waals surface area (Å²) >= 11 is 0. The highest BCUT2D eigenvalue weighted by molar-refractivity contribution is 7.89. The van der Waals surface area contributed by atoms with Gasteiger partial charge in [-0.15, -0.1) is 0 Å². The molecule has 0 saturated carbocycles. The van der Waals surface area contributed by atoms with Crippen molar-refractivity contribution in [2.75, 3.05) is 45.0 Å². The van der Waals surface area contributed by atoms with Crippen molar-refractivity contribution in [2.45, 2.75) is 46.7 Å². The van der Waals surface area contributed by atoms with Crippen LogP contribution in [-0.2, 0) is 27.9 Å². The molecule has 1 saturated heterocycles. The van der Waals surface area contributed by atoms with Gasteiger partial charge >= 0.3 is 0 Å². The first-order chi connectivity index (χ1) is 14.4. The van der Waals surface area contributed by atoms with Gasteiger partial charge in [0.15, 0.2) is 0 Å². The lowest BCUT2D eigenvalue weighted by Crippen LogP contribution is -2.50. The predicted molar refractivity (Wildman–Crippen MR) is 116 cm³/mol. The van der Waals surface area contributed by atoms with Crippen molar-refractivity contribution >= 4 is 27.0 Å². The number of carbonyl (C=O) groups excluding carboxylic acids is 1. The van der Waals surface area contributed by atoms with Gasteiger partial charge in [-0.3, -0.25) is 19.1 Å². The Hall–Kier alpha value is -1.98. The summed E-state index contributed by atoms with van der Waals surface area (Å²) in [5.41, 5.74) is 2.90. The maximum absolute atomic E-state index is 12.2. The quantitative estimate of drug-likeness (QED) is 0.575. The van der Waals surface area contributed by atoms with Crippen LogP contribution in [0.3, 0.4) is 0 Å². The number of aryl methyl sites for hydroxylation is 3. The molecule has 2 aromatic rings. The van der Waals surface area contributed by atoms with E-state index in [9.17, 15) is 13.2 Å². The zero-order valence-corrected chi connectivity index (χ0v) is 19.0. The van der Waals surface area contributed by atoms with E-state index in [4.69, 9.17) is 0 Å². The van der Waals surface area contributed by atoms with Crippen LogP contribution >= 0.6 is 0 Å². The zero-order chi connectivity index (χ0) is 21.7. The number of hydrogen-bond acceptors (Lipinski definition) is 6. The van der Waals surface area contributed by atoms with Gasteiger partial charge in [0.05, 0.1) is 24.2 Å². The Kier molecular flexibility index (Phi) is 7.48. The standard InChI is InChI=1S/C19H33N7O3S/c1-4-14-30(28,29)24-12-10-23(11-13-24)9-7-20-18(27)6-8-26-19-16(3)22-25(5-2)17(19)15-21-26/h15H,4-14H2,1-3H3,(H,20,27). The van der Waals surface area contributed by atoms with Gasteiger partial charge in [-0.25, -0.2) is 8.42 Å². The maximum Gasteiger partial charge on any atom is 0.221 e. The molecule has 2 aromatic heterocycles. The molecule has 1 aliphatic rings. The summed E-state index contributed by atoms with van der Waals surface area (Å²) in [6.07, 6.45) is 2.80. The van der Waals surface area contributed by atoms with Gasteiger partial charge in [0, 0.05) is 52.2 Å². The number of aromatic nitrogens is 4. The fourth-order valence-corrected chi connectivity index (χ4v) is 5.39. The van der Waals surface area contributed by atoms with Crippen LogP contribution in [0.15, 0.2) is 6.20 Å². The summed E-state index contributed by atoms with van der Waals surface area (Å²) in [4.78, 5) is 14.4. The molecule has 0 atom stereocenters. The van der Waals surface area contributed by atoms with Crippen LogP contribution in [0.1, 0.15) is 32.4 Å². The number of hydrogen-bond donors (Lipinski definition) is 1. The number of sulfonamides is 1. The van der Waals surface area contributed by atoms with E-state index in [1.807, 2.05) is 30.1 Å². The van der Waals surface area contributed by atoms with E-state index in [0.717, 1.165) is 29.8 Å². The Morgan fingerprint density at radius 2 is 1.87 bits per heavy atom. The van der Waals surface area contributed by atoms with E-state index < -0.39 is 10.0 Å². The first-order valence-electron chi connectivity index (χ1n) is 10.7. The van der Waals surface area contributed by atoms with Gasteiger partial charge in [0.2, 0.25) is 15.9 Å². The molecule has 10 nitrogen and oxygen atoms in total. The first kappa shape index (κ1) is 22.7. The van der Waals surface area contributed by atoms with Crippen molar-refractivity contribution < 1.29 is 13.2 Å². The summed E-state index contributed by atoms with van der Waals surface area (Å²) in [6, 6.07) is 0. The van der Waals surface area contributed by atoms with Crippen molar-refractivity contribution in [3.05, 3.63) is 11.9 Å². The molecule has 0 unspecified atom stereocenters. The monoisotopic (exact) mass is 439 g/mol. The second-order valence-corrected chi connectivity index (χ2v) is 9.75. The lowest BCUT2D eigenvalue weighted by molar-refractivity contribution is -0.121. The molecular weight excluding hydrogens is 406 g/mol. The fraction of sp³-hybridized carbons (Fsp3) is 0.737. The summed E-state index contributed by atoms with van der Waals surface area (Å²) < 4.78 is 29.6. The van der Waals surface area contributed by atoms with Crippen LogP contribution in [-0.4, -0.2) is 88.1 Å². The summed E-state index contributed by atoms with van der Waals surface area (Å²) in [5, 5.41) is 11.9. The van der Waals surface area contributed by atoms with Gasteiger partial charge in [-0.1, -0.05) is 6.92 Å². The topological polar surface area (TPSA) is 105 Å². The highest BCUT2D eigenvalue weighted by atomic mass is 32.2. The number of nitrogens with zero attached hydrogens (tertiary/aromatic N) is 6. The average molecular weight is 440 g/mol. The second-order valence-electron chi connectivity index (χ2n) is 7.66. The molecule has 3 heterocycles. The van der Waals surface area contributed by atoms with Gasteiger partial charge in [-0.05, 0) is 20.3 Å². The Balaban J connectivity index is 1.39. The molecule has 0 spiro atoms. The van der Waals surface area contributed by atoms with E-state index in [1.54, 1.807) is 10.5 Å². The summed E-state index contributed by atoms with van der Waals surface area (Å²) in [7, 11) is -3.12. The lowest BCUT2D eigenvalue weighted by atomic mass is 10.3. The number of amides is 1. The molecule has 3 rings (SSSR count). The molecule has 1 N–H and O–H groups in total. The van der Waals surface area contributed by atoms with E-state index in [0.29, 0.717) is 52.1 Å². The third-order valence-corrected chi connectivity index (χ3v) is 7.57. The Labute approximate surface area is 178 Å². The Morgan fingerprint density at radius 3 is 2.53 bits per heavy atom. The lowest BCUT2D eigenvalue weighted by Gasteiger charge is -2.33. The molecule has 1 fully saturated rings. The largest absolute Gasteiger partial charge is 0.355 e. The van der Waals surface area contributed by atoms with E-state index in [-0.39, 0.29) is 11.7 Å². The van der Waals surface area contributed by atoms with Crippen LogP contribution < -0.4 is 5.32 Å². The number of nitrogens with one attached hydrogen (secondary N) is 1. The summed E-state index contributed by atoms with van der Waals surface area (Å²) in [6.45, 7) is 10.9. The highest BCUT2D eigenvalue weighted by Crippen LogP contribution is 2.18. The number of carbonyl (C=O) groups is 1. The normalized spacial score (nSPS) is 16.4. The van der Waals surface area contributed by atoms with E-state index in [1.165, 1.54) is 0 Å². The highest BCUT2D eigenvalue weighted by Gasteiger charge is 2.25. The van der Waals surface area contributed by atoms with Crippen LogP contribution in [0.2, 0.25) is 0 Å². The van der Waals surface area contributed by atoms with Crippen molar-refractivity contribution in [3.8, 4) is 0 Å². The molecule has 0 radical (unpaired) electrons. The van der Waals surface area contributed by atoms with E-state index in [2.05, 4.69) is 20.4 Å². The van der Waals surface area contributed by atoms with Crippen LogP contribution in [0, 0.1) is 6.92 Å². The molecular formula is C19H33N7O3S. The molecule has 168 valence electrons. The maximum atomic E-state index is 12.2. The van der Waals surface area contributed by atoms with Crippen molar-refractivity contribution in [2.24, 2.45) is 0 Å². The van der Waals surface area contributed by atoms with Crippen molar-refractivity contribution in [1.82, 2.24) is 34.1 Å². The number of piperazine rings is 1. The molecule has 0 bridgehead atoms. The third-order valence-electron chi connectivity index (χ3n) is 5.50. The van der Waals surface area contributed by atoms with Gasteiger partial charge in [0.1, 0.15) is 11.0 Å². The van der Waals surface area contributed by atoms with Gasteiger partial charge < -0.3 is 5.32 Å². The average Bonchev–Trinajstić information content (AvgIpc) is 3.28. The minimum Gasteiger partial charge on any atom is -0.355 e. The Morgan fingerprint density at radius 1 is 1.13 bits per heavy atom. The zero-order valence-electron chi connectivity index (χ0n) is 18.2. The third kappa shape index (κ3) is 5.19. The van der Waals surface area contributed by atoms with Gasteiger partial charge in [0.25, 0.3) is 0 Å². The van der Waals surface area contributed by atoms with E-state index >= 15 is 0 Å². The van der Waals surface area contributed by atoms with Gasteiger partial charge in [-0.2, -0.15) is 14.5 Å². The SMILES string of the molecule is CCCS(=O)(=O)N1CCN(CCNC(=O)CCn2ncc3c2c(C)nn3CC)CC1. The fourth-order valence-electron chi connectivity index (χ4n) is 3.90.